The first-order chi connectivity index (χ1) is 11.0. The molecule has 0 spiro atoms. The summed E-state index contributed by atoms with van der Waals surface area (Å²) in [5, 5.41) is 24.4. The highest BCUT2D eigenvalue weighted by molar-refractivity contribution is 5.51. The van der Waals surface area contributed by atoms with Crippen molar-refractivity contribution >= 4 is 22.7 Å². The Labute approximate surface area is 132 Å². The van der Waals surface area contributed by atoms with E-state index in [1.165, 1.54) is 24.3 Å². The Hall–Kier alpha value is -3.16. The monoisotopic (exact) mass is 316 g/mol. The summed E-state index contributed by atoms with van der Waals surface area (Å²) in [6.07, 6.45) is 0. The number of nitro benzene ring substituents is 2. The van der Waals surface area contributed by atoms with Crippen molar-refractivity contribution in [1.82, 2.24) is 0 Å². The van der Waals surface area contributed by atoms with Gasteiger partial charge in [-0.25, -0.2) is 0 Å². The Morgan fingerprint density at radius 2 is 1.39 bits per heavy atom. The maximum absolute atomic E-state index is 10.6. The zero-order chi connectivity index (χ0) is 16.8. The Morgan fingerprint density at radius 1 is 0.913 bits per heavy atom. The Balaban J connectivity index is 1.85. The SMILES string of the molecule is CN(CCNc1ccc([N+](=O)[O-])cc1)c1ccc([N+](=O)[O-])cc1. The second kappa shape index (κ2) is 7.21. The molecule has 0 unspecified atom stereocenters. The third kappa shape index (κ3) is 4.40. The number of non-ortho nitro benzene ring substituents is 2. The van der Waals surface area contributed by atoms with Gasteiger partial charge in [0.15, 0.2) is 0 Å². The van der Waals surface area contributed by atoms with E-state index in [1.54, 1.807) is 24.3 Å². The lowest BCUT2D eigenvalue weighted by Crippen LogP contribution is -2.24. The number of nitro groups is 2. The molecule has 0 aliphatic heterocycles. The van der Waals surface area contributed by atoms with Crippen LogP contribution >= 0.6 is 0 Å². The first-order valence-electron chi connectivity index (χ1n) is 6.91. The van der Waals surface area contributed by atoms with Gasteiger partial charge >= 0.3 is 0 Å². The lowest BCUT2D eigenvalue weighted by Gasteiger charge is -2.19. The minimum absolute atomic E-state index is 0.0542. The molecule has 0 aliphatic carbocycles. The van der Waals surface area contributed by atoms with Crippen molar-refractivity contribution in [3.05, 3.63) is 68.8 Å². The normalized spacial score (nSPS) is 10.1. The van der Waals surface area contributed by atoms with Crippen LogP contribution in [-0.2, 0) is 0 Å². The van der Waals surface area contributed by atoms with Gasteiger partial charge in [-0.2, -0.15) is 0 Å². The number of rotatable bonds is 7. The van der Waals surface area contributed by atoms with Gasteiger partial charge in [0, 0.05) is 55.8 Å². The highest BCUT2D eigenvalue weighted by Crippen LogP contribution is 2.18. The summed E-state index contributed by atoms with van der Waals surface area (Å²) in [6.45, 7) is 1.31. The lowest BCUT2D eigenvalue weighted by atomic mass is 10.2. The van der Waals surface area contributed by atoms with Crippen molar-refractivity contribution in [3.8, 4) is 0 Å². The fourth-order valence-corrected chi connectivity index (χ4v) is 2.03. The fraction of sp³-hybridized carbons (Fsp3) is 0.200. The minimum atomic E-state index is -0.438. The molecule has 0 radical (unpaired) electrons. The molecule has 0 bridgehead atoms. The molecule has 0 aromatic heterocycles. The summed E-state index contributed by atoms with van der Waals surface area (Å²) in [5.41, 5.74) is 1.79. The van der Waals surface area contributed by atoms with Crippen LogP contribution in [0.5, 0.6) is 0 Å². The molecule has 2 rings (SSSR count). The van der Waals surface area contributed by atoms with E-state index in [4.69, 9.17) is 0 Å². The Bertz CT molecular complexity index is 686. The fourth-order valence-electron chi connectivity index (χ4n) is 2.03. The second-order valence-electron chi connectivity index (χ2n) is 4.93. The molecular formula is C15H16N4O4. The molecule has 0 heterocycles. The number of hydrogen-bond acceptors (Lipinski definition) is 6. The average molecular weight is 316 g/mol. The number of likely N-dealkylation sites (N-methyl/N-ethyl adjacent to an activating group) is 1. The topological polar surface area (TPSA) is 102 Å². The molecule has 8 heteroatoms. The quantitative estimate of drug-likeness (QED) is 0.622. The van der Waals surface area contributed by atoms with Crippen LogP contribution in [0, 0.1) is 20.2 Å². The van der Waals surface area contributed by atoms with Gasteiger partial charge in [-0.1, -0.05) is 0 Å². The maximum Gasteiger partial charge on any atom is 0.269 e. The summed E-state index contributed by atoms with van der Waals surface area (Å²) in [6, 6.07) is 12.5. The molecule has 0 aliphatic rings. The van der Waals surface area contributed by atoms with Crippen molar-refractivity contribution in [2.24, 2.45) is 0 Å². The van der Waals surface area contributed by atoms with Crippen LogP contribution in [0.2, 0.25) is 0 Å². The summed E-state index contributed by atoms with van der Waals surface area (Å²) in [5.74, 6) is 0. The van der Waals surface area contributed by atoms with E-state index in [0.29, 0.717) is 13.1 Å². The number of benzene rings is 2. The van der Waals surface area contributed by atoms with Crippen LogP contribution < -0.4 is 10.2 Å². The first kappa shape index (κ1) is 16.2. The third-order valence-corrected chi connectivity index (χ3v) is 3.36. The van der Waals surface area contributed by atoms with E-state index in [2.05, 4.69) is 5.32 Å². The predicted octanol–water partition coefficient (Wildman–Crippen LogP) is 3.05. The zero-order valence-electron chi connectivity index (χ0n) is 12.5. The van der Waals surface area contributed by atoms with Crippen molar-refractivity contribution in [1.29, 1.82) is 0 Å². The second-order valence-corrected chi connectivity index (χ2v) is 4.93. The molecule has 120 valence electrons. The van der Waals surface area contributed by atoms with Crippen LogP contribution in [0.15, 0.2) is 48.5 Å². The molecule has 2 aromatic rings. The molecule has 0 saturated heterocycles. The van der Waals surface area contributed by atoms with Crippen LogP contribution in [0.4, 0.5) is 22.7 Å². The highest BCUT2D eigenvalue weighted by Gasteiger charge is 2.07. The molecular weight excluding hydrogens is 300 g/mol. The van der Waals surface area contributed by atoms with Crippen molar-refractivity contribution in [2.75, 3.05) is 30.4 Å². The van der Waals surface area contributed by atoms with Crippen molar-refractivity contribution in [2.45, 2.75) is 0 Å². The molecule has 0 amide bonds. The Morgan fingerprint density at radius 3 is 1.87 bits per heavy atom. The van der Waals surface area contributed by atoms with Gasteiger partial charge in [-0.3, -0.25) is 20.2 Å². The van der Waals surface area contributed by atoms with Gasteiger partial charge < -0.3 is 10.2 Å². The van der Waals surface area contributed by atoms with Crippen LogP contribution in [-0.4, -0.2) is 30.0 Å². The van der Waals surface area contributed by atoms with Crippen LogP contribution in [0.3, 0.4) is 0 Å². The summed E-state index contributed by atoms with van der Waals surface area (Å²) in [4.78, 5) is 22.3. The van der Waals surface area contributed by atoms with Gasteiger partial charge in [0.05, 0.1) is 9.85 Å². The van der Waals surface area contributed by atoms with Gasteiger partial charge in [0.25, 0.3) is 11.4 Å². The predicted molar refractivity (Wildman–Crippen MR) is 88.0 cm³/mol. The van der Waals surface area contributed by atoms with E-state index in [0.717, 1.165) is 11.4 Å². The summed E-state index contributed by atoms with van der Waals surface area (Å²) >= 11 is 0. The molecule has 23 heavy (non-hydrogen) atoms. The maximum atomic E-state index is 10.6. The molecule has 0 saturated carbocycles. The van der Waals surface area contributed by atoms with E-state index in [1.807, 2.05) is 11.9 Å². The first-order valence-corrected chi connectivity index (χ1v) is 6.91. The number of anilines is 2. The smallest absolute Gasteiger partial charge is 0.269 e. The summed E-state index contributed by atoms with van der Waals surface area (Å²) in [7, 11) is 1.89. The molecule has 0 fully saturated rings. The van der Waals surface area contributed by atoms with Crippen molar-refractivity contribution in [3.63, 3.8) is 0 Å². The molecule has 1 N–H and O–H groups in total. The standard InChI is InChI=1S/C15H16N4O4/c1-17(13-6-8-15(9-7-13)19(22)23)11-10-16-12-2-4-14(5-3-12)18(20)21/h2-9,16H,10-11H2,1H3. The van der Waals surface area contributed by atoms with E-state index < -0.39 is 9.85 Å². The average Bonchev–Trinajstić information content (AvgIpc) is 2.55. The van der Waals surface area contributed by atoms with Gasteiger partial charge in [-0.05, 0) is 24.3 Å². The number of nitrogens with zero attached hydrogens (tertiary/aromatic N) is 3. The zero-order valence-corrected chi connectivity index (χ0v) is 12.5. The minimum Gasteiger partial charge on any atom is -0.383 e. The largest absolute Gasteiger partial charge is 0.383 e. The van der Waals surface area contributed by atoms with Crippen molar-refractivity contribution < 1.29 is 9.85 Å². The summed E-state index contributed by atoms with van der Waals surface area (Å²) < 4.78 is 0. The number of hydrogen-bond donors (Lipinski definition) is 1. The van der Waals surface area contributed by atoms with Gasteiger partial charge in [0.2, 0.25) is 0 Å². The van der Waals surface area contributed by atoms with E-state index in [9.17, 15) is 20.2 Å². The van der Waals surface area contributed by atoms with Crippen LogP contribution in [0.25, 0.3) is 0 Å². The van der Waals surface area contributed by atoms with Gasteiger partial charge in [-0.15, -0.1) is 0 Å². The molecule has 8 nitrogen and oxygen atoms in total. The lowest BCUT2D eigenvalue weighted by molar-refractivity contribution is -0.385. The highest BCUT2D eigenvalue weighted by atomic mass is 16.6. The van der Waals surface area contributed by atoms with E-state index in [-0.39, 0.29) is 11.4 Å². The van der Waals surface area contributed by atoms with Gasteiger partial charge in [0.1, 0.15) is 0 Å². The third-order valence-electron chi connectivity index (χ3n) is 3.36. The molecule has 0 atom stereocenters. The molecule has 2 aromatic carbocycles. The van der Waals surface area contributed by atoms with E-state index >= 15 is 0 Å². The van der Waals surface area contributed by atoms with Crippen LogP contribution in [0.1, 0.15) is 0 Å². The Kier molecular flexibility index (Phi) is 5.08. The number of nitrogens with one attached hydrogen (secondary N) is 1.